The monoisotopic (exact) mass is 192 g/mol. The van der Waals surface area contributed by atoms with Gasteiger partial charge in [-0.2, -0.15) is 0 Å². The van der Waals surface area contributed by atoms with Crippen LogP contribution in [0.3, 0.4) is 0 Å². The average molecular weight is 192 g/mol. The molecule has 0 spiro atoms. The maximum Gasteiger partial charge on any atom is 0.208 e. The van der Waals surface area contributed by atoms with E-state index in [-0.39, 0.29) is 6.04 Å². The summed E-state index contributed by atoms with van der Waals surface area (Å²) in [6, 6.07) is 0.149. The van der Waals surface area contributed by atoms with E-state index in [1.807, 2.05) is 0 Å². The van der Waals surface area contributed by atoms with Gasteiger partial charge in [0, 0.05) is 6.04 Å². The summed E-state index contributed by atoms with van der Waals surface area (Å²) in [7, 11) is -0.958. The van der Waals surface area contributed by atoms with Gasteiger partial charge in [-0.15, -0.1) is 0 Å². The summed E-state index contributed by atoms with van der Waals surface area (Å²) in [6.07, 6.45) is 3.05. The second kappa shape index (κ2) is 3.72. The Kier molecular flexibility index (Phi) is 3.09. The highest BCUT2D eigenvalue weighted by Crippen LogP contribution is 2.08. The summed E-state index contributed by atoms with van der Waals surface area (Å²) in [5.41, 5.74) is 0. The van der Waals surface area contributed by atoms with Gasteiger partial charge in [0.15, 0.2) is 0 Å². The lowest BCUT2D eigenvalue weighted by molar-refractivity contribution is 0.248. The van der Waals surface area contributed by atoms with Crippen molar-refractivity contribution in [1.29, 1.82) is 0 Å². The molecule has 0 aromatic carbocycles. The predicted octanol–water partition coefficient (Wildman–Crippen LogP) is -0.370. The molecule has 0 atom stereocenters. The SMILES string of the molecule is CN1CCC(NS(C)(=O)=O)CC1. The normalized spacial score (nSPS) is 22.8. The molecule has 1 aliphatic rings. The van der Waals surface area contributed by atoms with Gasteiger partial charge in [0.25, 0.3) is 0 Å². The van der Waals surface area contributed by atoms with Crippen LogP contribution in [0.25, 0.3) is 0 Å². The lowest BCUT2D eigenvalue weighted by Gasteiger charge is -2.28. The van der Waals surface area contributed by atoms with Crippen molar-refractivity contribution in [2.75, 3.05) is 26.4 Å². The summed E-state index contributed by atoms with van der Waals surface area (Å²) in [5.74, 6) is 0. The smallest absolute Gasteiger partial charge is 0.208 e. The number of sulfonamides is 1. The minimum absolute atomic E-state index is 0.149. The van der Waals surface area contributed by atoms with Gasteiger partial charge in [0.05, 0.1) is 6.26 Å². The van der Waals surface area contributed by atoms with Crippen molar-refractivity contribution in [2.24, 2.45) is 0 Å². The zero-order valence-corrected chi connectivity index (χ0v) is 8.39. The van der Waals surface area contributed by atoms with Crippen molar-refractivity contribution in [3.8, 4) is 0 Å². The summed E-state index contributed by atoms with van der Waals surface area (Å²) in [5, 5.41) is 0. The minimum Gasteiger partial charge on any atom is -0.306 e. The molecule has 4 nitrogen and oxygen atoms in total. The molecule has 72 valence electrons. The molecule has 0 bridgehead atoms. The van der Waals surface area contributed by atoms with E-state index in [2.05, 4.69) is 16.7 Å². The first-order chi connectivity index (χ1) is 5.47. The van der Waals surface area contributed by atoms with Gasteiger partial charge in [-0.25, -0.2) is 13.1 Å². The lowest BCUT2D eigenvalue weighted by atomic mass is 10.1. The van der Waals surface area contributed by atoms with Crippen LogP contribution >= 0.6 is 0 Å². The fraction of sp³-hybridized carbons (Fsp3) is 1.00. The van der Waals surface area contributed by atoms with Crippen LogP contribution in [0.1, 0.15) is 12.8 Å². The van der Waals surface area contributed by atoms with E-state index in [9.17, 15) is 8.42 Å². The fourth-order valence-corrected chi connectivity index (χ4v) is 2.27. The maximum absolute atomic E-state index is 10.9. The van der Waals surface area contributed by atoms with E-state index in [4.69, 9.17) is 0 Å². The Bertz CT molecular complexity index is 230. The molecule has 0 radical (unpaired) electrons. The first-order valence-corrected chi connectivity index (χ1v) is 6.02. The quantitative estimate of drug-likeness (QED) is 0.649. The molecular weight excluding hydrogens is 176 g/mol. The van der Waals surface area contributed by atoms with Crippen LogP contribution in [-0.4, -0.2) is 45.8 Å². The Labute approximate surface area is 74.0 Å². The number of hydrogen-bond donors (Lipinski definition) is 1. The van der Waals surface area contributed by atoms with Gasteiger partial charge in [-0.05, 0) is 33.0 Å². The maximum atomic E-state index is 10.9. The minimum atomic E-state index is -3.01. The molecule has 0 unspecified atom stereocenters. The van der Waals surface area contributed by atoms with Crippen molar-refractivity contribution in [1.82, 2.24) is 9.62 Å². The molecule has 1 aliphatic heterocycles. The topological polar surface area (TPSA) is 49.4 Å². The summed E-state index contributed by atoms with van der Waals surface area (Å²) in [6.45, 7) is 1.96. The van der Waals surface area contributed by atoms with Crippen LogP contribution in [0.2, 0.25) is 0 Å². The Balaban J connectivity index is 2.36. The molecule has 0 aromatic rings. The van der Waals surface area contributed by atoms with Gasteiger partial charge >= 0.3 is 0 Å². The number of piperidine rings is 1. The predicted molar refractivity (Wildman–Crippen MR) is 48.5 cm³/mol. The second-order valence-corrected chi connectivity index (χ2v) is 5.25. The third-order valence-corrected chi connectivity index (χ3v) is 2.86. The van der Waals surface area contributed by atoms with Gasteiger partial charge < -0.3 is 4.90 Å². The first kappa shape index (κ1) is 9.95. The van der Waals surface area contributed by atoms with Gasteiger partial charge in [-0.3, -0.25) is 0 Å². The molecule has 0 saturated carbocycles. The molecule has 5 heteroatoms. The van der Waals surface area contributed by atoms with Gasteiger partial charge in [-0.1, -0.05) is 0 Å². The number of hydrogen-bond acceptors (Lipinski definition) is 3. The second-order valence-electron chi connectivity index (χ2n) is 3.47. The molecule has 0 amide bonds. The van der Waals surface area contributed by atoms with Gasteiger partial charge in [0.1, 0.15) is 0 Å². The fourth-order valence-electron chi connectivity index (χ4n) is 1.43. The lowest BCUT2D eigenvalue weighted by Crippen LogP contribution is -2.42. The molecule has 1 rings (SSSR count). The number of nitrogens with one attached hydrogen (secondary N) is 1. The molecule has 12 heavy (non-hydrogen) atoms. The van der Waals surface area contributed by atoms with E-state index >= 15 is 0 Å². The van der Waals surface area contributed by atoms with E-state index < -0.39 is 10.0 Å². The van der Waals surface area contributed by atoms with E-state index in [0.717, 1.165) is 25.9 Å². The van der Waals surface area contributed by atoms with Crippen molar-refractivity contribution in [2.45, 2.75) is 18.9 Å². The molecule has 0 aromatic heterocycles. The Morgan fingerprint density at radius 2 is 1.83 bits per heavy atom. The first-order valence-electron chi connectivity index (χ1n) is 4.13. The molecule has 1 heterocycles. The van der Waals surface area contributed by atoms with Crippen LogP contribution < -0.4 is 4.72 Å². The van der Waals surface area contributed by atoms with Crippen LogP contribution in [0.5, 0.6) is 0 Å². The standard InChI is InChI=1S/C7H16N2O2S/c1-9-5-3-7(4-6-9)8-12(2,10)11/h7-8H,3-6H2,1-2H3. The average Bonchev–Trinajstić information content (AvgIpc) is 1.91. The van der Waals surface area contributed by atoms with E-state index in [1.165, 1.54) is 6.26 Å². The van der Waals surface area contributed by atoms with Crippen LogP contribution in [0, 0.1) is 0 Å². The van der Waals surface area contributed by atoms with Crippen LogP contribution in [0.15, 0.2) is 0 Å². The largest absolute Gasteiger partial charge is 0.306 e. The molecule has 0 aliphatic carbocycles. The van der Waals surface area contributed by atoms with Crippen LogP contribution in [0.4, 0.5) is 0 Å². The zero-order valence-electron chi connectivity index (χ0n) is 7.58. The summed E-state index contributed by atoms with van der Waals surface area (Å²) < 4.78 is 24.3. The molecule has 1 saturated heterocycles. The van der Waals surface area contributed by atoms with Crippen molar-refractivity contribution < 1.29 is 8.42 Å². The van der Waals surface area contributed by atoms with Gasteiger partial charge in [0.2, 0.25) is 10.0 Å². The Morgan fingerprint density at radius 3 is 2.25 bits per heavy atom. The third-order valence-electron chi connectivity index (χ3n) is 2.10. The Hall–Kier alpha value is -0.130. The molecular formula is C7H16N2O2S. The number of likely N-dealkylation sites (tertiary alicyclic amines) is 1. The number of rotatable bonds is 2. The Morgan fingerprint density at radius 1 is 1.33 bits per heavy atom. The highest BCUT2D eigenvalue weighted by Gasteiger charge is 2.18. The third kappa shape index (κ3) is 3.51. The summed E-state index contributed by atoms with van der Waals surface area (Å²) >= 11 is 0. The molecule has 1 fully saturated rings. The van der Waals surface area contributed by atoms with Crippen molar-refractivity contribution in [3.05, 3.63) is 0 Å². The molecule has 1 N–H and O–H groups in total. The van der Waals surface area contributed by atoms with Crippen molar-refractivity contribution in [3.63, 3.8) is 0 Å². The zero-order chi connectivity index (χ0) is 9.19. The van der Waals surface area contributed by atoms with Crippen molar-refractivity contribution >= 4 is 10.0 Å². The highest BCUT2D eigenvalue weighted by atomic mass is 32.2. The van der Waals surface area contributed by atoms with Crippen LogP contribution in [-0.2, 0) is 10.0 Å². The highest BCUT2D eigenvalue weighted by molar-refractivity contribution is 7.88. The number of nitrogens with zero attached hydrogens (tertiary/aromatic N) is 1. The van der Waals surface area contributed by atoms with E-state index in [0.29, 0.717) is 0 Å². The van der Waals surface area contributed by atoms with E-state index in [1.54, 1.807) is 0 Å². The summed E-state index contributed by atoms with van der Waals surface area (Å²) in [4.78, 5) is 2.21.